The monoisotopic (exact) mass is 381 g/mol. The third kappa shape index (κ3) is 4.81. The first-order valence-corrected chi connectivity index (χ1v) is 9.72. The van der Waals surface area contributed by atoms with E-state index < -0.39 is 16.0 Å². The minimum Gasteiger partial charge on any atom is -0.462 e. The molecular weight excluding hydrogens is 362 g/mol. The lowest BCUT2D eigenvalue weighted by atomic mass is 10.1. The summed E-state index contributed by atoms with van der Waals surface area (Å²) in [4.78, 5) is 11.9. The lowest BCUT2D eigenvalue weighted by Crippen LogP contribution is -2.30. The van der Waals surface area contributed by atoms with Crippen molar-refractivity contribution in [2.24, 2.45) is 0 Å². The van der Waals surface area contributed by atoms with Gasteiger partial charge in [0.25, 0.3) is 0 Å². The van der Waals surface area contributed by atoms with Crippen LogP contribution < -0.4 is 0 Å². The summed E-state index contributed by atoms with van der Waals surface area (Å²) >= 11 is 5.82. The second-order valence-corrected chi connectivity index (χ2v) is 7.68. The number of rotatable bonds is 7. The summed E-state index contributed by atoms with van der Waals surface area (Å²) in [5.74, 6) is -0.393. The zero-order valence-electron chi connectivity index (χ0n) is 14.1. The number of sulfonamides is 1. The molecule has 2 aromatic rings. The smallest absolute Gasteiger partial charge is 0.338 e. The van der Waals surface area contributed by atoms with Crippen LogP contribution in [0.25, 0.3) is 0 Å². The first kappa shape index (κ1) is 19.4. The number of benzene rings is 2. The zero-order chi connectivity index (χ0) is 18.4. The molecule has 0 amide bonds. The quantitative estimate of drug-likeness (QED) is 0.685. The van der Waals surface area contributed by atoms with Crippen molar-refractivity contribution in [3.63, 3.8) is 0 Å². The number of esters is 1. The van der Waals surface area contributed by atoms with E-state index >= 15 is 0 Å². The summed E-state index contributed by atoms with van der Waals surface area (Å²) in [6, 6.07) is 12.8. The van der Waals surface area contributed by atoms with Crippen molar-refractivity contribution in [1.82, 2.24) is 4.31 Å². The minimum atomic E-state index is -3.62. The van der Waals surface area contributed by atoms with Crippen molar-refractivity contribution in [2.45, 2.75) is 25.3 Å². The minimum absolute atomic E-state index is 0.196. The Morgan fingerprint density at radius 2 is 1.64 bits per heavy atom. The third-order valence-electron chi connectivity index (χ3n) is 3.63. The molecule has 0 heterocycles. The van der Waals surface area contributed by atoms with E-state index in [1.165, 1.54) is 16.4 Å². The van der Waals surface area contributed by atoms with Crippen molar-refractivity contribution in [3.05, 3.63) is 64.7 Å². The summed E-state index contributed by atoms with van der Waals surface area (Å²) < 4.78 is 31.8. The van der Waals surface area contributed by atoms with Gasteiger partial charge in [-0.2, -0.15) is 4.31 Å². The molecule has 0 aromatic heterocycles. The van der Waals surface area contributed by atoms with Gasteiger partial charge in [0.05, 0.1) is 17.1 Å². The number of hydrogen-bond donors (Lipinski definition) is 0. The van der Waals surface area contributed by atoms with E-state index in [4.69, 9.17) is 16.3 Å². The van der Waals surface area contributed by atoms with Gasteiger partial charge >= 0.3 is 5.97 Å². The van der Waals surface area contributed by atoms with Gasteiger partial charge in [-0.1, -0.05) is 30.7 Å². The molecule has 0 bridgehead atoms. The second kappa shape index (κ2) is 8.47. The van der Waals surface area contributed by atoms with E-state index in [1.54, 1.807) is 50.2 Å². The summed E-state index contributed by atoms with van der Waals surface area (Å²) in [6.45, 7) is 4.37. The number of halogens is 1. The highest BCUT2D eigenvalue weighted by molar-refractivity contribution is 7.89. The van der Waals surface area contributed by atoms with Gasteiger partial charge in [0.15, 0.2) is 0 Å². The van der Waals surface area contributed by atoms with Crippen LogP contribution in [0.5, 0.6) is 0 Å². The van der Waals surface area contributed by atoms with Crippen LogP contribution in [0.15, 0.2) is 53.4 Å². The third-order valence-corrected chi connectivity index (χ3v) is 5.82. The Kier molecular flexibility index (Phi) is 6.58. The maximum atomic E-state index is 12.7. The molecule has 5 nitrogen and oxygen atoms in total. The van der Waals surface area contributed by atoms with Crippen LogP contribution in [0.2, 0.25) is 5.02 Å². The van der Waals surface area contributed by atoms with Gasteiger partial charge < -0.3 is 4.74 Å². The van der Waals surface area contributed by atoms with Crippen LogP contribution >= 0.6 is 11.6 Å². The van der Waals surface area contributed by atoms with Crippen molar-refractivity contribution >= 4 is 27.6 Å². The number of nitrogens with zero attached hydrogens (tertiary/aromatic N) is 1. The second-order valence-electron chi connectivity index (χ2n) is 5.30. The van der Waals surface area contributed by atoms with Crippen molar-refractivity contribution in [1.29, 1.82) is 0 Å². The van der Waals surface area contributed by atoms with Gasteiger partial charge in [-0.05, 0) is 48.9 Å². The number of hydrogen-bond acceptors (Lipinski definition) is 4. The summed E-state index contributed by atoms with van der Waals surface area (Å²) in [6.07, 6.45) is 0. The Morgan fingerprint density at radius 3 is 2.16 bits per heavy atom. The lowest BCUT2D eigenvalue weighted by molar-refractivity contribution is 0.0526. The van der Waals surface area contributed by atoms with Crippen molar-refractivity contribution in [2.75, 3.05) is 13.2 Å². The SMILES string of the molecule is CCOC(=O)c1ccc(CN(CC)S(=O)(=O)c2ccc(Cl)cc2)cc1. The van der Waals surface area contributed by atoms with Gasteiger partial charge in [-0.25, -0.2) is 13.2 Å². The predicted molar refractivity (Wildman–Crippen MR) is 97.1 cm³/mol. The van der Waals surface area contributed by atoms with E-state index in [1.807, 2.05) is 0 Å². The Labute approximate surface area is 153 Å². The molecule has 134 valence electrons. The largest absolute Gasteiger partial charge is 0.462 e. The molecule has 0 atom stereocenters. The number of ether oxygens (including phenoxy) is 1. The fourth-order valence-electron chi connectivity index (χ4n) is 2.29. The Hall–Kier alpha value is -1.89. The predicted octanol–water partition coefficient (Wildman–Crippen LogP) is 3.73. The molecule has 0 saturated carbocycles. The molecule has 7 heteroatoms. The normalized spacial score (nSPS) is 11.5. The Balaban J connectivity index is 2.18. The van der Waals surface area contributed by atoms with E-state index in [0.717, 1.165) is 5.56 Å². The number of carbonyl (C=O) groups excluding carboxylic acids is 1. The van der Waals surface area contributed by atoms with Crippen LogP contribution in [0, 0.1) is 0 Å². The fraction of sp³-hybridized carbons (Fsp3) is 0.278. The molecule has 2 rings (SSSR count). The average Bonchev–Trinajstić information content (AvgIpc) is 2.60. The maximum Gasteiger partial charge on any atom is 0.338 e. The standard InChI is InChI=1S/C18H20ClNO4S/c1-3-20(25(22,23)17-11-9-16(19)10-12-17)13-14-5-7-15(8-6-14)18(21)24-4-2/h5-12H,3-4,13H2,1-2H3. The zero-order valence-corrected chi connectivity index (χ0v) is 15.7. The van der Waals surface area contributed by atoms with Gasteiger partial charge in [0.2, 0.25) is 10.0 Å². The number of carbonyl (C=O) groups is 1. The summed E-state index contributed by atoms with van der Waals surface area (Å²) in [5, 5.41) is 0.483. The molecule has 0 spiro atoms. The Bertz CT molecular complexity index is 817. The molecule has 0 unspecified atom stereocenters. The van der Waals surface area contributed by atoms with E-state index in [2.05, 4.69) is 0 Å². The summed E-state index contributed by atoms with van der Waals surface area (Å²) in [7, 11) is -3.62. The first-order valence-electron chi connectivity index (χ1n) is 7.90. The lowest BCUT2D eigenvalue weighted by Gasteiger charge is -2.20. The molecule has 0 N–H and O–H groups in total. The van der Waals surface area contributed by atoms with Crippen LogP contribution in [-0.4, -0.2) is 31.8 Å². The molecule has 0 aliphatic rings. The van der Waals surface area contributed by atoms with E-state index in [-0.39, 0.29) is 11.4 Å². The first-order chi connectivity index (χ1) is 11.9. The van der Waals surface area contributed by atoms with Gasteiger partial charge in [0.1, 0.15) is 0 Å². The van der Waals surface area contributed by atoms with Crippen LogP contribution in [0.3, 0.4) is 0 Å². The molecule has 2 aromatic carbocycles. The highest BCUT2D eigenvalue weighted by atomic mass is 35.5. The molecule has 0 aliphatic carbocycles. The van der Waals surface area contributed by atoms with Gasteiger partial charge in [0, 0.05) is 18.1 Å². The molecule has 25 heavy (non-hydrogen) atoms. The molecule has 0 radical (unpaired) electrons. The fourth-order valence-corrected chi connectivity index (χ4v) is 3.85. The van der Waals surface area contributed by atoms with Crippen molar-refractivity contribution in [3.8, 4) is 0 Å². The maximum absolute atomic E-state index is 12.7. The molecule has 0 aliphatic heterocycles. The Morgan fingerprint density at radius 1 is 1.04 bits per heavy atom. The van der Waals surface area contributed by atoms with E-state index in [0.29, 0.717) is 23.7 Å². The van der Waals surface area contributed by atoms with Crippen molar-refractivity contribution < 1.29 is 17.9 Å². The highest BCUT2D eigenvalue weighted by Gasteiger charge is 2.23. The van der Waals surface area contributed by atoms with Gasteiger partial charge in [-0.15, -0.1) is 0 Å². The molecular formula is C18H20ClNO4S. The average molecular weight is 382 g/mol. The topological polar surface area (TPSA) is 63.7 Å². The van der Waals surface area contributed by atoms with Crippen LogP contribution in [0.1, 0.15) is 29.8 Å². The summed E-state index contributed by atoms with van der Waals surface area (Å²) in [5.41, 5.74) is 1.22. The van der Waals surface area contributed by atoms with E-state index in [9.17, 15) is 13.2 Å². The molecule has 0 saturated heterocycles. The van der Waals surface area contributed by atoms with Crippen LogP contribution in [-0.2, 0) is 21.3 Å². The van der Waals surface area contributed by atoms with Gasteiger partial charge in [-0.3, -0.25) is 0 Å². The molecule has 0 fully saturated rings. The van der Waals surface area contributed by atoms with Crippen LogP contribution in [0.4, 0.5) is 0 Å². The highest BCUT2D eigenvalue weighted by Crippen LogP contribution is 2.20.